The lowest BCUT2D eigenvalue weighted by atomic mass is 9.99. The van der Waals surface area contributed by atoms with Crippen LogP contribution >= 0.6 is 11.6 Å². The van der Waals surface area contributed by atoms with Crippen LogP contribution < -0.4 is 11.4 Å². The number of carbonyl (C=O) groups excluding carboxylic acids is 2. The van der Waals surface area contributed by atoms with E-state index in [9.17, 15) is 18.0 Å². The molecular formula is C33H44ClN5O4S. The predicted molar refractivity (Wildman–Crippen MR) is 175 cm³/mol. The summed E-state index contributed by atoms with van der Waals surface area (Å²) >= 11 is 6.05. The fraction of sp³-hybridized carbons (Fsp3) is 0.455. The average molecular weight is 642 g/mol. The van der Waals surface area contributed by atoms with Gasteiger partial charge in [0.05, 0.1) is 16.5 Å². The van der Waals surface area contributed by atoms with E-state index in [1.807, 2.05) is 6.92 Å². The molecule has 3 aromatic rings. The highest BCUT2D eigenvalue weighted by molar-refractivity contribution is 7.90. The number of hydrogen-bond acceptors (Lipinski definition) is 6. The van der Waals surface area contributed by atoms with E-state index < -0.39 is 16.1 Å². The lowest BCUT2D eigenvalue weighted by Crippen LogP contribution is -2.37. The number of aryl methyl sites for hydroxylation is 1. The van der Waals surface area contributed by atoms with Gasteiger partial charge in [-0.25, -0.2) is 4.98 Å². The van der Waals surface area contributed by atoms with Crippen molar-refractivity contribution in [3.8, 4) is 0 Å². The number of nitrogens with zero attached hydrogens (tertiary/aromatic N) is 4. The summed E-state index contributed by atoms with van der Waals surface area (Å²) in [7, 11) is -4.20. The Balaban J connectivity index is 2.21. The van der Waals surface area contributed by atoms with Crippen LogP contribution in [-0.4, -0.2) is 53.5 Å². The molecule has 1 heterocycles. The van der Waals surface area contributed by atoms with Gasteiger partial charge < -0.3 is 15.2 Å². The van der Waals surface area contributed by atoms with Gasteiger partial charge in [-0.15, -0.1) is 16.0 Å². The van der Waals surface area contributed by atoms with Gasteiger partial charge in [-0.1, -0.05) is 45.4 Å². The Hall–Kier alpha value is -3.50. The minimum atomic E-state index is -4.20. The van der Waals surface area contributed by atoms with Gasteiger partial charge in [-0.3, -0.25) is 9.59 Å². The van der Waals surface area contributed by atoms with Crippen molar-refractivity contribution in [2.24, 2.45) is 16.2 Å². The third kappa shape index (κ3) is 9.75. The molecule has 0 aliphatic carbocycles. The number of rotatable bonds is 15. The fourth-order valence-corrected chi connectivity index (χ4v) is 5.64. The fourth-order valence-electron chi connectivity index (χ4n) is 4.55. The minimum absolute atomic E-state index is 0.00711. The molecule has 0 aliphatic heterocycles. The molecule has 1 aromatic heterocycles. The van der Waals surface area contributed by atoms with Crippen LogP contribution in [0, 0.1) is 18.8 Å². The number of alkyl halides is 1. The number of nitrogen functional groups attached to an aromatic ring is 1. The SMILES string of the molecule is Cc1ccc(S(=O)(=O)N=c2ncc(C(=O)N(CCC(C)C)CCC(C)C)cn2C(CCCCl)C(=O)c2ccc(N)cc2)cc1. The van der Waals surface area contributed by atoms with Crippen molar-refractivity contribution < 1.29 is 18.0 Å². The van der Waals surface area contributed by atoms with Crippen molar-refractivity contribution in [2.75, 3.05) is 24.7 Å². The Kier molecular flexibility index (Phi) is 12.7. The van der Waals surface area contributed by atoms with Gasteiger partial charge in [0.1, 0.15) is 0 Å². The molecule has 1 amide bonds. The third-order valence-corrected chi connectivity index (χ3v) is 8.82. The van der Waals surface area contributed by atoms with Crippen molar-refractivity contribution in [3.05, 3.63) is 83.2 Å². The van der Waals surface area contributed by atoms with Gasteiger partial charge in [0, 0.05) is 42.6 Å². The van der Waals surface area contributed by atoms with Crippen LogP contribution in [0.2, 0.25) is 0 Å². The Morgan fingerprint density at radius 1 is 0.932 bits per heavy atom. The first-order valence-electron chi connectivity index (χ1n) is 15.0. The minimum Gasteiger partial charge on any atom is -0.399 e. The number of nitrogens with two attached hydrogens (primary N) is 1. The second-order valence-corrected chi connectivity index (χ2v) is 13.9. The first-order chi connectivity index (χ1) is 20.8. The molecule has 1 unspecified atom stereocenters. The summed E-state index contributed by atoms with van der Waals surface area (Å²) in [5.74, 6) is 0.546. The van der Waals surface area contributed by atoms with Crippen LogP contribution in [0.15, 0.2) is 70.2 Å². The number of carbonyl (C=O) groups is 2. The topological polar surface area (TPSA) is 128 Å². The second-order valence-electron chi connectivity index (χ2n) is 11.9. The number of aromatic nitrogens is 2. The first kappa shape index (κ1) is 35.0. The third-order valence-electron chi connectivity index (χ3n) is 7.28. The van der Waals surface area contributed by atoms with E-state index in [4.69, 9.17) is 17.3 Å². The maximum absolute atomic E-state index is 13.9. The molecule has 238 valence electrons. The molecule has 2 N–H and O–H groups in total. The molecule has 1 atom stereocenters. The van der Waals surface area contributed by atoms with Gasteiger partial charge in [-0.2, -0.15) is 8.42 Å². The van der Waals surface area contributed by atoms with E-state index in [1.165, 1.54) is 29.1 Å². The molecule has 2 aromatic carbocycles. The lowest BCUT2D eigenvalue weighted by Gasteiger charge is -2.26. The van der Waals surface area contributed by atoms with Crippen molar-refractivity contribution >= 4 is 39.0 Å². The molecule has 0 spiro atoms. The highest BCUT2D eigenvalue weighted by Crippen LogP contribution is 2.22. The van der Waals surface area contributed by atoms with Gasteiger partial charge in [0.15, 0.2) is 5.78 Å². The van der Waals surface area contributed by atoms with E-state index >= 15 is 0 Å². The normalized spacial score (nSPS) is 13.0. The van der Waals surface area contributed by atoms with Crippen molar-refractivity contribution in [2.45, 2.75) is 71.2 Å². The van der Waals surface area contributed by atoms with Crippen LogP contribution in [-0.2, 0) is 10.0 Å². The van der Waals surface area contributed by atoms with E-state index in [0.29, 0.717) is 42.6 Å². The molecule has 0 saturated heterocycles. The zero-order valence-corrected chi connectivity index (χ0v) is 27.8. The van der Waals surface area contributed by atoms with E-state index in [-0.39, 0.29) is 40.1 Å². The summed E-state index contributed by atoms with van der Waals surface area (Å²) < 4.78 is 32.3. The monoisotopic (exact) mass is 641 g/mol. The quantitative estimate of drug-likeness (QED) is 0.122. The van der Waals surface area contributed by atoms with Gasteiger partial charge in [0.25, 0.3) is 15.9 Å². The van der Waals surface area contributed by atoms with Crippen LogP contribution in [0.5, 0.6) is 0 Å². The molecular weight excluding hydrogens is 598 g/mol. The predicted octanol–water partition coefficient (Wildman–Crippen LogP) is 6.04. The standard InChI is InChI=1S/C33H44ClN5O4S/c1-23(2)16-19-38(20-17-24(3)4)32(41)27-21-36-33(37-44(42,43)29-14-8-25(5)9-15-29)39(22-27)30(7-6-18-34)31(40)26-10-12-28(35)13-11-26/h8-15,21-24,30H,6-7,16-20,35H2,1-5H3. The summed E-state index contributed by atoms with van der Waals surface area (Å²) in [6.07, 6.45) is 5.23. The molecule has 0 fully saturated rings. The number of benzene rings is 2. The maximum Gasteiger partial charge on any atom is 0.285 e. The molecule has 0 saturated carbocycles. The van der Waals surface area contributed by atoms with Gasteiger partial charge in [0.2, 0.25) is 5.62 Å². The molecule has 9 nitrogen and oxygen atoms in total. The Morgan fingerprint density at radius 2 is 1.52 bits per heavy atom. The number of ketones is 1. The number of hydrogen-bond donors (Lipinski definition) is 1. The summed E-state index contributed by atoms with van der Waals surface area (Å²) in [6.45, 7) is 11.4. The first-order valence-corrected chi connectivity index (χ1v) is 17.0. The number of halogens is 1. The van der Waals surface area contributed by atoms with Crippen LogP contribution in [0.4, 0.5) is 5.69 Å². The molecule has 0 bridgehead atoms. The molecule has 0 aliphatic rings. The Bertz CT molecular complexity index is 1570. The van der Waals surface area contributed by atoms with Crippen molar-refractivity contribution in [1.82, 2.24) is 14.5 Å². The molecule has 44 heavy (non-hydrogen) atoms. The summed E-state index contributed by atoms with van der Waals surface area (Å²) in [4.78, 5) is 34.0. The van der Waals surface area contributed by atoms with Crippen LogP contribution in [0.3, 0.4) is 0 Å². The number of Topliss-reactive ketones (excluding diaryl/α,β-unsaturated/α-hetero) is 1. The second kappa shape index (κ2) is 16.0. The summed E-state index contributed by atoms with van der Waals surface area (Å²) in [6, 6.07) is 11.9. The zero-order chi connectivity index (χ0) is 32.4. The molecule has 0 radical (unpaired) electrons. The van der Waals surface area contributed by atoms with Gasteiger partial charge >= 0.3 is 0 Å². The highest BCUT2D eigenvalue weighted by atomic mass is 35.5. The Labute approximate surface area is 266 Å². The van der Waals surface area contributed by atoms with Crippen molar-refractivity contribution in [3.63, 3.8) is 0 Å². The molecule has 11 heteroatoms. The van der Waals surface area contributed by atoms with Crippen molar-refractivity contribution in [1.29, 1.82) is 0 Å². The Morgan fingerprint density at radius 3 is 2.07 bits per heavy atom. The van der Waals surface area contributed by atoms with Crippen LogP contribution in [0.1, 0.15) is 85.7 Å². The van der Waals surface area contributed by atoms with E-state index in [0.717, 1.165) is 18.4 Å². The zero-order valence-electron chi connectivity index (χ0n) is 26.2. The highest BCUT2D eigenvalue weighted by Gasteiger charge is 2.26. The average Bonchev–Trinajstić information content (AvgIpc) is 2.97. The number of anilines is 1. The maximum atomic E-state index is 13.9. The number of sulfonamides is 1. The number of amides is 1. The van der Waals surface area contributed by atoms with E-state index in [1.54, 1.807) is 41.3 Å². The van der Waals surface area contributed by atoms with Gasteiger partial charge in [-0.05, 0) is 80.8 Å². The molecule has 3 rings (SSSR count). The smallest absolute Gasteiger partial charge is 0.285 e. The van der Waals surface area contributed by atoms with E-state index in [2.05, 4.69) is 37.1 Å². The summed E-state index contributed by atoms with van der Waals surface area (Å²) in [5, 5.41) is 0. The lowest BCUT2D eigenvalue weighted by molar-refractivity contribution is 0.0737. The van der Waals surface area contributed by atoms with Crippen LogP contribution in [0.25, 0.3) is 0 Å². The largest absolute Gasteiger partial charge is 0.399 e. The summed E-state index contributed by atoms with van der Waals surface area (Å²) in [5.41, 5.74) is 7.67.